The van der Waals surface area contributed by atoms with Gasteiger partial charge in [0.2, 0.25) is 0 Å². The summed E-state index contributed by atoms with van der Waals surface area (Å²) in [6.45, 7) is 3.71. The normalized spacial score (nSPS) is 16.5. The third kappa shape index (κ3) is 5.09. The van der Waals surface area contributed by atoms with Crippen molar-refractivity contribution in [2.45, 2.75) is 38.7 Å². The maximum absolute atomic E-state index is 12.4. The molecule has 0 radical (unpaired) electrons. The number of amides is 2. The minimum absolute atomic E-state index is 0.0709. The van der Waals surface area contributed by atoms with E-state index in [1.165, 1.54) is 5.56 Å². The average molecular weight is 352 g/mol. The minimum atomic E-state index is -0.0709. The van der Waals surface area contributed by atoms with E-state index in [1.54, 1.807) is 4.90 Å². The lowest BCUT2D eigenvalue weighted by Gasteiger charge is -2.19. The fraction of sp³-hybridized carbons (Fsp3) is 0.409. The lowest BCUT2D eigenvalue weighted by Crippen LogP contribution is -2.32. The summed E-state index contributed by atoms with van der Waals surface area (Å²) in [5.41, 5.74) is 4.31. The van der Waals surface area contributed by atoms with Crippen LogP contribution in [0.5, 0.6) is 0 Å². The molecule has 4 nitrogen and oxygen atoms in total. The Hall–Kier alpha value is -2.33. The van der Waals surface area contributed by atoms with Crippen molar-refractivity contribution in [2.75, 3.05) is 25.5 Å². The molecule has 0 spiro atoms. The van der Waals surface area contributed by atoms with Crippen LogP contribution in [-0.4, -0.2) is 37.2 Å². The van der Waals surface area contributed by atoms with Crippen LogP contribution in [0.2, 0.25) is 0 Å². The lowest BCUT2D eigenvalue weighted by molar-refractivity contribution is 0.101. The minimum Gasteiger partial charge on any atom is -0.378 e. The van der Waals surface area contributed by atoms with Gasteiger partial charge in [0.15, 0.2) is 0 Å². The molecule has 2 aromatic rings. The molecule has 1 heterocycles. The third-order valence-corrected chi connectivity index (χ3v) is 4.89. The summed E-state index contributed by atoms with van der Waals surface area (Å²) in [7, 11) is 1.84. The van der Waals surface area contributed by atoms with Crippen molar-refractivity contribution in [1.82, 2.24) is 4.90 Å². The summed E-state index contributed by atoms with van der Waals surface area (Å²) in [5, 5.41) is 3.00. The Morgan fingerprint density at radius 1 is 1.19 bits per heavy atom. The van der Waals surface area contributed by atoms with E-state index in [1.807, 2.05) is 25.2 Å². The molecule has 1 saturated heterocycles. The van der Waals surface area contributed by atoms with E-state index in [0.717, 1.165) is 55.6 Å². The van der Waals surface area contributed by atoms with E-state index in [9.17, 15) is 4.79 Å². The van der Waals surface area contributed by atoms with Gasteiger partial charge in [-0.15, -0.1) is 0 Å². The second-order valence-electron chi connectivity index (χ2n) is 7.08. The van der Waals surface area contributed by atoms with Gasteiger partial charge in [-0.25, -0.2) is 4.79 Å². The van der Waals surface area contributed by atoms with Crippen LogP contribution in [0, 0.1) is 6.92 Å². The van der Waals surface area contributed by atoms with Crippen molar-refractivity contribution < 1.29 is 9.53 Å². The molecule has 0 saturated carbocycles. The second kappa shape index (κ2) is 8.86. The number of nitrogens with zero attached hydrogens (tertiary/aromatic N) is 1. The van der Waals surface area contributed by atoms with Crippen LogP contribution in [0.4, 0.5) is 10.5 Å². The fourth-order valence-corrected chi connectivity index (χ4v) is 3.27. The van der Waals surface area contributed by atoms with Gasteiger partial charge in [-0.2, -0.15) is 0 Å². The van der Waals surface area contributed by atoms with Gasteiger partial charge in [-0.05, 0) is 55.9 Å². The van der Waals surface area contributed by atoms with Crippen LogP contribution in [0.25, 0.3) is 11.1 Å². The Kier molecular flexibility index (Phi) is 6.29. The SMILES string of the molecule is Cc1ccc(-c2cccc(NC(=O)N(C)CCCC3CCCO3)c2)cc1. The molecule has 1 aliphatic rings. The number of rotatable bonds is 6. The predicted octanol–water partition coefficient (Wildman–Crippen LogP) is 5.08. The second-order valence-corrected chi connectivity index (χ2v) is 7.08. The molecular weight excluding hydrogens is 324 g/mol. The van der Waals surface area contributed by atoms with Crippen molar-refractivity contribution >= 4 is 11.7 Å². The van der Waals surface area contributed by atoms with Gasteiger partial charge in [0.05, 0.1) is 6.10 Å². The predicted molar refractivity (Wildman–Crippen MR) is 106 cm³/mol. The van der Waals surface area contributed by atoms with Gasteiger partial charge < -0.3 is 15.0 Å². The smallest absolute Gasteiger partial charge is 0.321 e. The Morgan fingerprint density at radius 3 is 2.73 bits per heavy atom. The number of carbonyl (C=O) groups excluding carboxylic acids is 1. The highest BCUT2D eigenvalue weighted by Crippen LogP contribution is 2.23. The quantitative estimate of drug-likeness (QED) is 0.787. The number of ether oxygens (including phenoxy) is 1. The zero-order valence-electron chi connectivity index (χ0n) is 15.7. The molecule has 2 aromatic carbocycles. The van der Waals surface area contributed by atoms with Gasteiger partial charge in [-0.3, -0.25) is 0 Å². The van der Waals surface area contributed by atoms with Crippen molar-refractivity contribution in [3.63, 3.8) is 0 Å². The largest absolute Gasteiger partial charge is 0.378 e. The van der Waals surface area contributed by atoms with Crippen molar-refractivity contribution in [2.24, 2.45) is 0 Å². The summed E-state index contributed by atoms with van der Waals surface area (Å²) in [4.78, 5) is 14.2. The summed E-state index contributed by atoms with van der Waals surface area (Å²) in [5.74, 6) is 0. The lowest BCUT2D eigenvalue weighted by atomic mass is 10.0. The summed E-state index contributed by atoms with van der Waals surface area (Å²) in [6.07, 6.45) is 4.70. The Balaban J connectivity index is 1.53. The number of hydrogen-bond donors (Lipinski definition) is 1. The molecule has 0 aromatic heterocycles. The molecule has 4 heteroatoms. The molecule has 2 amide bonds. The first-order valence-corrected chi connectivity index (χ1v) is 9.42. The fourth-order valence-electron chi connectivity index (χ4n) is 3.27. The van der Waals surface area contributed by atoms with Gasteiger partial charge in [-0.1, -0.05) is 42.0 Å². The molecule has 138 valence electrons. The zero-order valence-corrected chi connectivity index (χ0v) is 15.7. The van der Waals surface area contributed by atoms with Crippen molar-refractivity contribution in [3.05, 3.63) is 54.1 Å². The summed E-state index contributed by atoms with van der Waals surface area (Å²) in [6, 6.07) is 16.3. The van der Waals surface area contributed by atoms with Gasteiger partial charge in [0.25, 0.3) is 0 Å². The van der Waals surface area contributed by atoms with E-state index in [0.29, 0.717) is 6.10 Å². The van der Waals surface area contributed by atoms with E-state index in [-0.39, 0.29) is 6.03 Å². The topological polar surface area (TPSA) is 41.6 Å². The summed E-state index contributed by atoms with van der Waals surface area (Å²) < 4.78 is 5.63. The number of benzene rings is 2. The number of hydrogen-bond acceptors (Lipinski definition) is 2. The molecule has 1 unspecified atom stereocenters. The van der Waals surface area contributed by atoms with Crippen LogP contribution in [0.3, 0.4) is 0 Å². The highest BCUT2D eigenvalue weighted by atomic mass is 16.5. The van der Waals surface area contributed by atoms with E-state index in [4.69, 9.17) is 4.74 Å². The van der Waals surface area contributed by atoms with E-state index < -0.39 is 0 Å². The molecule has 1 fully saturated rings. The molecular formula is C22H28N2O2. The highest BCUT2D eigenvalue weighted by Gasteiger charge is 2.16. The van der Waals surface area contributed by atoms with Gasteiger partial charge >= 0.3 is 6.03 Å². The number of anilines is 1. The molecule has 0 aliphatic carbocycles. The van der Waals surface area contributed by atoms with Crippen LogP contribution in [0.1, 0.15) is 31.2 Å². The first kappa shape index (κ1) is 18.5. The molecule has 1 atom stereocenters. The maximum Gasteiger partial charge on any atom is 0.321 e. The number of carbonyl (C=O) groups is 1. The molecule has 3 rings (SSSR count). The molecule has 1 N–H and O–H groups in total. The van der Waals surface area contributed by atoms with Crippen LogP contribution in [-0.2, 0) is 4.74 Å². The van der Waals surface area contributed by atoms with Crippen molar-refractivity contribution in [3.8, 4) is 11.1 Å². The van der Waals surface area contributed by atoms with Gasteiger partial charge in [0.1, 0.15) is 0 Å². The average Bonchev–Trinajstić information content (AvgIpc) is 3.16. The van der Waals surface area contributed by atoms with Crippen LogP contribution < -0.4 is 5.32 Å². The number of aryl methyl sites for hydroxylation is 1. The van der Waals surface area contributed by atoms with Gasteiger partial charge in [0, 0.05) is 25.9 Å². The Bertz CT molecular complexity index is 721. The van der Waals surface area contributed by atoms with Crippen LogP contribution >= 0.6 is 0 Å². The maximum atomic E-state index is 12.4. The molecule has 0 bridgehead atoms. The van der Waals surface area contributed by atoms with E-state index in [2.05, 4.69) is 42.6 Å². The first-order valence-electron chi connectivity index (χ1n) is 9.42. The third-order valence-electron chi connectivity index (χ3n) is 4.89. The summed E-state index contributed by atoms with van der Waals surface area (Å²) >= 11 is 0. The first-order chi connectivity index (χ1) is 12.6. The Morgan fingerprint density at radius 2 is 2.00 bits per heavy atom. The number of nitrogens with one attached hydrogen (secondary N) is 1. The molecule has 26 heavy (non-hydrogen) atoms. The monoisotopic (exact) mass is 352 g/mol. The zero-order chi connectivity index (χ0) is 18.4. The Labute approximate surface area is 156 Å². The van der Waals surface area contributed by atoms with E-state index >= 15 is 0 Å². The van der Waals surface area contributed by atoms with Crippen LogP contribution in [0.15, 0.2) is 48.5 Å². The molecule has 1 aliphatic heterocycles. The number of urea groups is 1. The highest BCUT2D eigenvalue weighted by molar-refractivity contribution is 5.90. The van der Waals surface area contributed by atoms with Crippen molar-refractivity contribution in [1.29, 1.82) is 0 Å². The standard InChI is InChI=1S/C22H28N2O2/c1-17-10-12-18(13-11-17)19-6-3-7-20(16-19)23-22(25)24(2)14-4-8-21-9-5-15-26-21/h3,6-7,10-13,16,21H,4-5,8-9,14-15H2,1-2H3,(H,23,25).